The van der Waals surface area contributed by atoms with Gasteiger partial charge in [0, 0.05) is 28.5 Å². The summed E-state index contributed by atoms with van der Waals surface area (Å²) >= 11 is 0. The molecule has 3 aromatic rings. The van der Waals surface area contributed by atoms with Crippen LogP contribution in [0.15, 0.2) is 71.6 Å². The van der Waals surface area contributed by atoms with E-state index in [4.69, 9.17) is 5.11 Å². The first-order chi connectivity index (χ1) is 21.0. The number of aliphatic hydroxyl groups is 1. The normalized spacial score (nSPS) is 13.9. The Kier molecular flexibility index (Phi) is 9.59. The number of alkyl halides is 3. The number of ether oxygens (including phenoxy) is 1. The summed E-state index contributed by atoms with van der Waals surface area (Å²) in [5.41, 5.74) is 2.14. The number of aliphatic hydroxyl groups excluding tert-OH is 1. The summed E-state index contributed by atoms with van der Waals surface area (Å²) in [6.07, 6.45) is -2.88. The summed E-state index contributed by atoms with van der Waals surface area (Å²) in [6, 6.07) is 12.8. The number of aryl methyl sites for hydroxylation is 2. The molecule has 4 rings (SSSR count). The maximum Gasteiger partial charge on any atom is 0.573 e. The Labute approximate surface area is 255 Å². The molecule has 10 nitrogen and oxygen atoms in total. The lowest BCUT2D eigenvalue weighted by molar-refractivity contribution is -0.275. The van der Waals surface area contributed by atoms with Crippen LogP contribution >= 0.6 is 0 Å². The number of aliphatic carboxylic acids is 1. The number of rotatable bonds is 11. The van der Waals surface area contributed by atoms with E-state index in [2.05, 4.69) is 10.1 Å². The molecule has 3 N–H and O–H groups in total. The lowest BCUT2D eigenvalue weighted by Gasteiger charge is -2.13. The van der Waals surface area contributed by atoms with Crippen LogP contribution in [0.25, 0.3) is 5.57 Å². The van der Waals surface area contributed by atoms with Gasteiger partial charge in [0.1, 0.15) is 10.6 Å². The molecule has 0 aliphatic heterocycles. The number of carboxylic acids is 1. The molecule has 3 aromatic carbocycles. The molecule has 236 valence electrons. The van der Waals surface area contributed by atoms with Crippen molar-refractivity contribution in [1.82, 2.24) is 5.32 Å². The minimum atomic E-state index is -5.19. The van der Waals surface area contributed by atoms with Crippen LogP contribution in [-0.2, 0) is 27.5 Å². The van der Waals surface area contributed by atoms with E-state index in [1.807, 2.05) is 6.07 Å². The zero-order chi connectivity index (χ0) is 33.1. The SMILES string of the molecule is CS(=O)(=O)c1cc(C(=O)/C=C(\C(=O)c2ccc(C(=O)NC[C@@H](O)C(=O)O)cc2)c2ccc3c(c2)CCC3)ccc1OC(F)(F)F. The van der Waals surface area contributed by atoms with E-state index in [0.717, 1.165) is 48.6 Å². The van der Waals surface area contributed by atoms with Crippen molar-refractivity contribution < 1.29 is 55.7 Å². The number of fused-ring (bicyclic) bond motifs is 1. The molecule has 0 bridgehead atoms. The van der Waals surface area contributed by atoms with Crippen LogP contribution in [0.4, 0.5) is 13.2 Å². The molecule has 1 aliphatic rings. The molecular formula is C31H26F3NO9S. The molecule has 0 saturated heterocycles. The van der Waals surface area contributed by atoms with Gasteiger partial charge < -0.3 is 20.3 Å². The van der Waals surface area contributed by atoms with Gasteiger partial charge in [-0.25, -0.2) is 13.2 Å². The third kappa shape index (κ3) is 8.22. The molecule has 0 radical (unpaired) electrons. The molecular weight excluding hydrogens is 619 g/mol. The highest BCUT2D eigenvalue weighted by molar-refractivity contribution is 7.90. The number of carbonyl (C=O) groups is 4. The number of carboxylic acid groups (broad SMARTS) is 1. The van der Waals surface area contributed by atoms with Gasteiger partial charge in [-0.05, 0) is 72.4 Å². The smallest absolute Gasteiger partial charge is 0.479 e. The Bertz CT molecular complexity index is 1810. The van der Waals surface area contributed by atoms with Gasteiger partial charge in [-0.15, -0.1) is 13.2 Å². The Morgan fingerprint density at radius 2 is 1.51 bits per heavy atom. The van der Waals surface area contributed by atoms with E-state index in [-0.39, 0.29) is 22.3 Å². The molecule has 0 unspecified atom stereocenters. The van der Waals surface area contributed by atoms with Gasteiger partial charge in [0.05, 0.1) is 6.54 Å². The van der Waals surface area contributed by atoms with Crippen LogP contribution in [0.3, 0.4) is 0 Å². The molecule has 0 saturated carbocycles. The third-order valence-corrected chi connectivity index (χ3v) is 8.05. The van der Waals surface area contributed by atoms with E-state index < -0.39 is 62.9 Å². The second kappa shape index (κ2) is 13.0. The minimum Gasteiger partial charge on any atom is -0.479 e. The fraction of sp³-hybridized carbons (Fsp3) is 0.226. The molecule has 0 aromatic heterocycles. The third-order valence-electron chi connectivity index (χ3n) is 6.93. The Hall–Kier alpha value is -4.82. The summed E-state index contributed by atoms with van der Waals surface area (Å²) < 4.78 is 66.9. The molecule has 1 aliphatic carbocycles. The van der Waals surface area contributed by atoms with Crippen molar-refractivity contribution in [2.75, 3.05) is 12.8 Å². The Morgan fingerprint density at radius 3 is 2.13 bits per heavy atom. The van der Waals surface area contributed by atoms with Gasteiger partial charge in [-0.2, -0.15) is 0 Å². The number of ketones is 2. The number of sulfone groups is 1. The number of allylic oxidation sites excluding steroid dienone is 2. The number of benzene rings is 3. The standard InChI is InChI=1S/C31H26F3NO9S/c1-45(42,43)27-14-22(11-12-26(27)44-31(32,33)34)24(36)15-23(21-10-5-17-3-2-4-20(17)13-21)28(38)18-6-8-19(9-7-18)29(39)35-16-25(37)30(40)41/h5-15,25,37H,2-4,16H2,1H3,(H,35,39)(H,40,41)/b23-15-/t25-/m1/s1. The Morgan fingerprint density at radius 1 is 0.911 bits per heavy atom. The highest BCUT2D eigenvalue weighted by atomic mass is 32.2. The van der Waals surface area contributed by atoms with Crippen LogP contribution in [0.2, 0.25) is 0 Å². The van der Waals surface area contributed by atoms with E-state index >= 15 is 0 Å². The van der Waals surface area contributed by atoms with E-state index in [0.29, 0.717) is 17.9 Å². The van der Waals surface area contributed by atoms with Crippen LogP contribution in [0.5, 0.6) is 5.75 Å². The average Bonchev–Trinajstić information content (AvgIpc) is 3.45. The lowest BCUT2D eigenvalue weighted by atomic mass is 9.92. The van der Waals surface area contributed by atoms with Crippen LogP contribution < -0.4 is 10.1 Å². The molecule has 0 fully saturated rings. The van der Waals surface area contributed by atoms with Crippen molar-refractivity contribution in [3.63, 3.8) is 0 Å². The van der Waals surface area contributed by atoms with Crippen LogP contribution in [-0.4, -0.2) is 67.3 Å². The first-order valence-electron chi connectivity index (χ1n) is 13.4. The van der Waals surface area contributed by atoms with Gasteiger partial charge in [0.2, 0.25) is 0 Å². The number of nitrogens with one attached hydrogen (secondary N) is 1. The van der Waals surface area contributed by atoms with Gasteiger partial charge in [-0.3, -0.25) is 14.4 Å². The van der Waals surface area contributed by atoms with Gasteiger partial charge >= 0.3 is 12.3 Å². The van der Waals surface area contributed by atoms with Gasteiger partial charge in [0.25, 0.3) is 5.91 Å². The second-order valence-electron chi connectivity index (χ2n) is 10.2. The Balaban J connectivity index is 1.71. The largest absolute Gasteiger partial charge is 0.573 e. The molecule has 1 amide bonds. The summed E-state index contributed by atoms with van der Waals surface area (Å²) in [4.78, 5) is 49.4. The molecule has 45 heavy (non-hydrogen) atoms. The van der Waals surface area contributed by atoms with Crippen molar-refractivity contribution in [3.8, 4) is 5.75 Å². The van der Waals surface area contributed by atoms with Crippen molar-refractivity contribution in [1.29, 1.82) is 0 Å². The van der Waals surface area contributed by atoms with Crippen molar-refractivity contribution >= 4 is 38.9 Å². The average molecular weight is 646 g/mol. The number of amides is 1. The highest BCUT2D eigenvalue weighted by Crippen LogP contribution is 2.32. The number of Topliss-reactive ketones (excluding diaryl/α,β-unsaturated/α-hetero) is 1. The quantitative estimate of drug-likeness (QED) is 0.208. The van der Waals surface area contributed by atoms with E-state index in [1.165, 1.54) is 24.3 Å². The predicted molar refractivity (Wildman–Crippen MR) is 154 cm³/mol. The van der Waals surface area contributed by atoms with Gasteiger partial charge in [0.15, 0.2) is 27.5 Å². The molecule has 0 spiro atoms. The number of hydrogen-bond acceptors (Lipinski definition) is 8. The highest BCUT2D eigenvalue weighted by Gasteiger charge is 2.34. The zero-order valence-corrected chi connectivity index (χ0v) is 24.4. The fourth-order valence-electron chi connectivity index (χ4n) is 4.70. The van der Waals surface area contributed by atoms with Crippen molar-refractivity contribution in [2.24, 2.45) is 0 Å². The van der Waals surface area contributed by atoms with E-state index in [9.17, 15) is 45.9 Å². The first-order valence-corrected chi connectivity index (χ1v) is 15.2. The second-order valence-corrected chi connectivity index (χ2v) is 12.2. The maximum absolute atomic E-state index is 13.8. The van der Waals surface area contributed by atoms with Crippen molar-refractivity contribution in [3.05, 3.63) is 100 Å². The fourth-order valence-corrected chi connectivity index (χ4v) is 5.52. The topological polar surface area (TPSA) is 164 Å². The summed E-state index contributed by atoms with van der Waals surface area (Å²) in [5.74, 6) is -4.75. The minimum absolute atomic E-state index is 0.0535. The lowest BCUT2D eigenvalue weighted by Crippen LogP contribution is -2.36. The maximum atomic E-state index is 13.8. The monoisotopic (exact) mass is 645 g/mol. The molecule has 1 atom stereocenters. The number of carbonyl (C=O) groups excluding carboxylic acids is 3. The number of halogens is 3. The summed E-state index contributed by atoms with van der Waals surface area (Å²) in [6.45, 7) is -0.549. The first kappa shape index (κ1) is 33.1. The summed E-state index contributed by atoms with van der Waals surface area (Å²) in [7, 11) is -4.27. The molecule has 14 heteroatoms. The zero-order valence-electron chi connectivity index (χ0n) is 23.6. The summed E-state index contributed by atoms with van der Waals surface area (Å²) in [5, 5.41) is 20.4. The van der Waals surface area contributed by atoms with E-state index in [1.54, 1.807) is 12.1 Å². The van der Waals surface area contributed by atoms with Crippen molar-refractivity contribution in [2.45, 2.75) is 36.6 Å². The predicted octanol–water partition coefficient (Wildman–Crippen LogP) is 3.80. The van der Waals surface area contributed by atoms with Crippen LogP contribution in [0, 0.1) is 0 Å². The van der Waals surface area contributed by atoms with Crippen LogP contribution in [0.1, 0.15) is 54.2 Å². The number of hydrogen-bond donors (Lipinski definition) is 3. The van der Waals surface area contributed by atoms with Gasteiger partial charge in [-0.1, -0.05) is 30.3 Å². The molecule has 0 heterocycles.